The number of likely N-dealkylation sites (tertiary alicyclic amines) is 1. The van der Waals surface area contributed by atoms with E-state index in [1.54, 1.807) is 0 Å². The number of rotatable bonds is 4. The van der Waals surface area contributed by atoms with Gasteiger partial charge < -0.3 is 10.0 Å². The van der Waals surface area contributed by atoms with Gasteiger partial charge in [-0.25, -0.2) is 0 Å². The smallest absolute Gasteiger partial charge is 0.0716 e. The summed E-state index contributed by atoms with van der Waals surface area (Å²) in [7, 11) is 0. The fourth-order valence-electron chi connectivity index (χ4n) is 2.82. The van der Waals surface area contributed by atoms with Crippen LogP contribution >= 0.6 is 0 Å². The Hall–Kier alpha value is -0.870. The van der Waals surface area contributed by atoms with Crippen molar-refractivity contribution >= 4 is 0 Å². The van der Waals surface area contributed by atoms with Crippen LogP contribution in [0.25, 0.3) is 0 Å². The molecule has 0 radical (unpaired) electrons. The Morgan fingerprint density at radius 3 is 2.79 bits per heavy atom. The Labute approximate surface area is 116 Å². The second kappa shape index (κ2) is 6.06. The van der Waals surface area contributed by atoms with Crippen molar-refractivity contribution in [2.75, 3.05) is 19.6 Å². The molecular weight excluding hydrogens is 238 g/mol. The monoisotopic (exact) mass is 265 g/mol. The van der Waals surface area contributed by atoms with Gasteiger partial charge in [-0.3, -0.25) is 4.68 Å². The molecule has 0 aliphatic carbocycles. The molecular formula is C15H27N3O. The van der Waals surface area contributed by atoms with E-state index in [0.29, 0.717) is 12.5 Å². The first-order chi connectivity index (χ1) is 9.02. The summed E-state index contributed by atoms with van der Waals surface area (Å²) in [5.74, 6) is 0. The first-order valence-electron chi connectivity index (χ1n) is 7.51. The van der Waals surface area contributed by atoms with Gasteiger partial charge in [0.15, 0.2) is 0 Å². The normalized spacial score (nSPS) is 25.7. The molecule has 1 unspecified atom stereocenters. The Morgan fingerprint density at radius 2 is 2.16 bits per heavy atom. The van der Waals surface area contributed by atoms with Crippen molar-refractivity contribution in [3.8, 4) is 0 Å². The third-order valence-corrected chi connectivity index (χ3v) is 4.16. The van der Waals surface area contributed by atoms with Gasteiger partial charge >= 0.3 is 0 Å². The highest BCUT2D eigenvalue weighted by molar-refractivity contribution is 5.05. The number of hydrogen-bond acceptors (Lipinski definition) is 3. The minimum atomic E-state index is -0.569. The van der Waals surface area contributed by atoms with Crippen LogP contribution in [-0.4, -0.2) is 45.0 Å². The van der Waals surface area contributed by atoms with Crippen LogP contribution in [0, 0.1) is 0 Å². The highest BCUT2D eigenvalue weighted by Gasteiger charge is 2.30. The van der Waals surface area contributed by atoms with E-state index in [0.717, 1.165) is 44.6 Å². The standard InChI is InChI=1S/C15H27N3O/c1-4-17-9-5-7-15(19,8-11-17)12-14-6-10-18(16-14)13(2)3/h6,10,13,19H,4-5,7-9,11-12H2,1-3H3. The van der Waals surface area contributed by atoms with Gasteiger partial charge in [-0.2, -0.15) is 5.10 Å². The van der Waals surface area contributed by atoms with Crippen molar-refractivity contribution in [3.05, 3.63) is 18.0 Å². The van der Waals surface area contributed by atoms with Gasteiger partial charge in [0, 0.05) is 25.2 Å². The van der Waals surface area contributed by atoms with E-state index in [-0.39, 0.29) is 0 Å². The van der Waals surface area contributed by atoms with Gasteiger partial charge in [-0.15, -0.1) is 0 Å². The molecule has 2 rings (SSSR count). The molecule has 0 saturated carbocycles. The minimum absolute atomic E-state index is 0.383. The largest absolute Gasteiger partial charge is 0.389 e. The third kappa shape index (κ3) is 3.80. The lowest BCUT2D eigenvalue weighted by molar-refractivity contribution is 0.0248. The summed E-state index contributed by atoms with van der Waals surface area (Å²) in [5.41, 5.74) is 0.446. The number of nitrogens with zero attached hydrogens (tertiary/aromatic N) is 3. The molecule has 1 aromatic heterocycles. The Morgan fingerprint density at radius 1 is 1.37 bits per heavy atom. The van der Waals surface area contributed by atoms with E-state index < -0.39 is 5.60 Å². The lowest BCUT2D eigenvalue weighted by Crippen LogP contribution is -2.33. The topological polar surface area (TPSA) is 41.3 Å². The lowest BCUT2D eigenvalue weighted by atomic mass is 9.90. The average molecular weight is 265 g/mol. The summed E-state index contributed by atoms with van der Waals surface area (Å²) in [6.07, 6.45) is 5.52. The molecule has 2 heterocycles. The van der Waals surface area contributed by atoms with Crippen molar-refractivity contribution in [2.45, 2.75) is 58.1 Å². The zero-order valence-electron chi connectivity index (χ0n) is 12.5. The molecule has 108 valence electrons. The van der Waals surface area contributed by atoms with Crippen molar-refractivity contribution in [1.29, 1.82) is 0 Å². The molecule has 1 atom stereocenters. The Balaban J connectivity index is 1.99. The lowest BCUT2D eigenvalue weighted by Gasteiger charge is -2.26. The Bertz CT molecular complexity index is 402. The maximum atomic E-state index is 10.8. The molecule has 1 saturated heterocycles. The van der Waals surface area contributed by atoms with Crippen LogP contribution in [0.3, 0.4) is 0 Å². The van der Waals surface area contributed by atoms with E-state index in [9.17, 15) is 5.11 Å². The van der Waals surface area contributed by atoms with Crippen molar-refractivity contribution in [2.24, 2.45) is 0 Å². The molecule has 19 heavy (non-hydrogen) atoms. The van der Waals surface area contributed by atoms with Crippen LogP contribution in [0.15, 0.2) is 12.3 Å². The highest BCUT2D eigenvalue weighted by Crippen LogP contribution is 2.26. The van der Waals surface area contributed by atoms with Crippen LogP contribution in [0.2, 0.25) is 0 Å². The summed E-state index contributed by atoms with van der Waals surface area (Å²) < 4.78 is 1.97. The molecule has 0 aromatic carbocycles. The highest BCUT2D eigenvalue weighted by atomic mass is 16.3. The van der Waals surface area contributed by atoms with Crippen molar-refractivity contribution < 1.29 is 5.11 Å². The number of hydrogen-bond donors (Lipinski definition) is 1. The molecule has 1 aliphatic rings. The van der Waals surface area contributed by atoms with E-state index in [4.69, 9.17) is 0 Å². The minimum Gasteiger partial charge on any atom is -0.389 e. The van der Waals surface area contributed by atoms with E-state index in [1.165, 1.54) is 0 Å². The summed E-state index contributed by atoms with van der Waals surface area (Å²) >= 11 is 0. The predicted octanol–water partition coefficient (Wildman–Crippen LogP) is 2.24. The Kier molecular flexibility index (Phi) is 4.63. The van der Waals surface area contributed by atoms with E-state index >= 15 is 0 Å². The molecule has 1 N–H and O–H groups in total. The summed E-state index contributed by atoms with van der Waals surface area (Å²) in [5, 5.41) is 15.4. The average Bonchev–Trinajstić information content (AvgIpc) is 2.73. The predicted molar refractivity (Wildman–Crippen MR) is 77.2 cm³/mol. The quantitative estimate of drug-likeness (QED) is 0.908. The van der Waals surface area contributed by atoms with Crippen LogP contribution < -0.4 is 0 Å². The SMILES string of the molecule is CCN1CCCC(O)(Cc2ccn(C(C)C)n2)CC1. The number of aromatic nitrogens is 2. The molecule has 1 aliphatic heterocycles. The van der Waals surface area contributed by atoms with Crippen molar-refractivity contribution in [3.63, 3.8) is 0 Å². The summed E-state index contributed by atoms with van der Waals surface area (Å²) in [6.45, 7) is 9.62. The maximum Gasteiger partial charge on any atom is 0.0716 e. The third-order valence-electron chi connectivity index (χ3n) is 4.16. The van der Waals surface area contributed by atoms with Crippen LogP contribution in [0.5, 0.6) is 0 Å². The zero-order chi connectivity index (χ0) is 13.9. The second-order valence-electron chi connectivity index (χ2n) is 6.07. The summed E-state index contributed by atoms with van der Waals surface area (Å²) in [4.78, 5) is 2.42. The fraction of sp³-hybridized carbons (Fsp3) is 0.800. The van der Waals surface area contributed by atoms with Gasteiger partial charge in [-0.1, -0.05) is 6.92 Å². The molecule has 0 bridgehead atoms. The second-order valence-corrected chi connectivity index (χ2v) is 6.07. The van der Waals surface area contributed by atoms with Gasteiger partial charge in [-0.05, 0) is 52.3 Å². The first kappa shape index (κ1) is 14.5. The summed E-state index contributed by atoms with van der Waals surface area (Å²) in [6, 6.07) is 2.42. The van der Waals surface area contributed by atoms with Crippen molar-refractivity contribution in [1.82, 2.24) is 14.7 Å². The number of aliphatic hydroxyl groups is 1. The molecule has 1 fully saturated rings. The first-order valence-corrected chi connectivity index (χ1v) is 7.51. The molecule has 0 amide bonds. The molecule has 4 heteroatoms. The van der Waals surface area contributed by atoms with E-state index in [1.807, 2.05) is 16.9 Å². The molecule has 0 spiro atoms. The van der Waals surface area contributed by atoms with E-state index in [2.05, 4.69) is 30.8 Å². The maximum absolute atomic E-state index is 10.8. The molecule has 1 aromatic rings. The van der Waals surface area contributed by atoms with Crippen LogP contribution in [0.1, 0.15) is 51.8 Å². The van der Waals surface area contributed by atoms with Gasteiger partial charge in [0.1, 0.15) is 0 Å². The van der Waals surface area contributed by atoms with Crippen LogP contribution in [-0.2, 0) is 6.42 Å². The zero-order valence-corrected chi connectivity index (χ0v) is 12.5. The van der Waals surface area contributed by atoms with Gasteiger partial charge in [0.05, 0.1) is 11.3 Å². The fourth-order valence-corrected chi connectivity index (χ4v) is 2.82. The van der Waals surface area contributed by atoms with Gasteiger partial charge in [0.2, 0.25) is 0 Å². The molecule has 4 nitrogen and oxygen atoms in total. The van der Waals surface area contributed by atoms with Crippen LogP contribution in [0.4, 0.5) is 0 Å². The van der Waals surface area contributed by atoms with Gasteiger partial charge in [0.25, 0.3) is 0 Å².